The van der Waals surface area contributed by atoms with Crippen LogP contribution in [0.2, 0.25) is 0 Å². The van der Waals surface area contributed by atoms with Crippen molar-refractivity contribution in [2.75, 3.05) is 6.61 Å². The molecule has 0 radical (unpaired) electrons. The van der Waals surface area contributed by atoms with E-state index in [0.717, 1.165) is 32.1 Å². The first-order chi connectivity index (χ1) is 7.63. The molecule has 1 unspecified atom stereocenters. The van der Waals surface area contributed by atoms with Crippen molar-refractivity contribution < 1.29 is 9.53 Å². The summed E-state index contributed by atoms with van der Waals surface area (Å²) >= 11 is 0. The third-order valence-electron chi connectivity index (χ3n) is 2.38. The molecule has 0 aromatic heterocycles. The van der Waals surface area contributed by atoms with Crippen LogP contribution in [0.4, 0.5) is 0 Å². The molecule has 3 heteroatoms. The molecule has 0 saturated heterocycles. The molecule has 0 fully saturated rings. The molecule has 1 atom stereocenters. The average molecular weight is 227 g/mol. The maximum atomic E-state index is 11.7. The lowest BCUT2D eigenvalue weighted by Crippen LogP contribution is -2.25. The summed E-state index contributed by atoms with van der Waals surface area (Å²) in [5, 5.41) is 0. The highest BCUT2D eigenvalue weighted by Crippen LogP contribution is 2.07. The minimum atomic E-state index is -0.250. The van der Waals surface area contributed by atoms with Crippen molar-refractivity contribution in [2.24, 2.45) is 5.73 Å². The van der Waals surface area contributed by atoms with E-state index in [9.17, 15) is 4.79 Å². The van der Waals surface area contributed by atoms with Gasteiger partial charge in [0.2, 0.25) is 0 Å². The minimum Gasteiger partial charge on any atom is -0.462 e. The molecule has 16 heavy (non-hydrogen) atoms. The highest BCUT2D eigenvalue weighted by atomic mass is 16.5. The summed E-state index contributed by atoms with van der Waals surface area (Å²) < 4.78 is 5.15. The van der Waals surface area contributed by atoms with Crippen molar-refractivity contribution in [3.63, 3.8) is 0 Å². The van der Waals surface area contributed by atoms with Crippen LogP contribution in [-0.4, -0.2) is 18.6 Å². The smallest absolute Gasteiger partial charge is 0.335 e. The van der Waals surface area contributed by atoms with Gasteiger partial charge in [-0.1, -0.05) is 39.2 Å². The number of nitrogens with two attached hydrogens (primary N) is 1. The number of ether oxygens (including phenoxy) is 1. The van der Waals surface area contributed by atoms with Gasteiger partial charge in [0.15, 0.2) is 0 Å². The van der Waals surface area contributed by atoms with Gasteiger partial charge in [0, 0.05) is 11.6 Å². The van der Waals surface area contributed by atoms with E-state index in [1.807, 2.05) is 13.0 Å². The largest absolute Gasteiger partial charge is 0.462 e. The Labute approximate surface area is 99.0 Å². The summed E-state index contributed by atoms with van der Waals surface area (Å²) in [6.45, 7) is 6.50. The standard InChI is InChI=1S/C13H25NO2/c1-4-6-8-9-12(11(3)14)13(15)16-10-7-5-2/h9,11H,4-8,10,14H2,1-3H3. The zero-order chi connectivity index (χ0) is 12.4. The van der Waals surface area contributed by atoms with Crippen LogP contribution in [0.25, 0.3) is 0 Å². The Kier molecular flexibility index (Phi) is 8.91. The Morgan fingerprint density at radius 1 is 1.31 bits per heavy atom. The van der Waals surface area contributed by atoms with Gasteiger partial charge in [0.25, 0.3) is 0 Å². The molecule has 2 N–H and O–H groups in total. The molecule has 0 aromatic rings. The Balaban J connectivity index is 4.18. The maximum Gasteiger partial charge on any atom is 0.335 e. The molecule has 0 saturated carbocycles. The quantitative estimate of drug-likeness (QED) is 0.394. The Hall–Kier alpha value is -0.830. The summed E-state index contributed by atoms with van der Waals surface area (Å²) in [7, 11) is 0. The summed E-state index contributed by atoms with van der Waals surface area (Å²) in [5.74, 6) is -0.250. The molecule has 0 aliphatic heterocycles. The number of unbranched alkanes of at least 4 members (excludes halogenated alkanes) is 3. The monoisotopic (exact) mass is 227 g/mol. The Morgan fingerprint density at radius 2 is 1.94 bits per heavy atom. The van der Waals surface area contributed by atoms with Gasteiger partial charge < -0.3 is 10.5 Å². The first-order valence-electron chi connectivity index (χ1n) is 6.26. The van der Waals surface area contributed by atoms with Crippen LogP contribution in [0.3, 0.4) is 0 Å². The highest BCUT2D eigenvalue weighted by Gasteiger charge is 2.14. The Morgan fingerprint density at radius 3 is 2.44 bits per heavy atom. The van der Waals surface area contributed by atoms with Crippen molar-refractivity contribution in [1.29, 1.82) is 0 Å². The van der Waals surface area contributed by atoms with Crippen LogP contribution < -0.4 is 5.73 Å². The van der Waals surface area contributed by atoms with Crippen molar-refractivity contribution in [2.45, 2.75) is 58.9 Å². The van der Waals surface area contributed by atoms with Crippen molar-refractivity contribution in [3.05, 3.63) is 11.6 Å². The van der Waals surface area contributed by atoms with Crippen LogP contribution in [0.15, 0.2) is 11.6 Å². The molecule has 0 bridgehead atoms. The topological polar surface area (TPSA) is 52.3 Å². The highest BCUT2D eigenvalue weighted by molar-refractivity contribution is 5.89. The SMILES string of the molecule is CCCCC=C(C(=O)OCCCC)C(C)N. The fourth-order valence-corrected chi connectivity index (χ4v) is 1.31. The van der Waals surface area contributed by atoms with E-state index in [2.05, 4.69) is 13.8 Å². The molecule has 0 aliphatic carbocycles. The predicted molar refractivity (Wildman–Crippen MR) is 67.1 cm³/mol. The van der Waals surface area contributed by atoms with E-state index in [0.29, 0.717) is 12.2 Å². The zero-order valence-corrected chi connectivity index (χ0v) is 10.8. The van der Waals surface area contributed by atoms with Crippen LogP contribution in [0.5, 0.6) is 0 Å². The first-order valence-corrected chi connectivity index (χ1v) is 6.26. The summed E-state index contributed by atoms with van der Waals surface area (Å²) in [5.41, 5.74) is 6.37. The third-order valence-corrected chi connectivity index (χ3v) is 2.38. The van der Waals surface area contributed by atoms with Crippen LogP contribution in [-0.2, 0) is 9.53 Å². The number of rotatable bonds is 8. The first kappa shape index (κ1) is 15.2. The van der Waals surface area contributed by atoms with Crippen molar-refractivity contribution >= 4 is 5.97 Å². The van der Waals surface area contributed by atoms with Gasteiger partial charge >= 0.3 is 5.97 Å². The molecule has 0 amide bonds. The maximum absolute atomic E-state index is 11.7. The summed E-state index contributed by atoms with van der Waals surface area (Å²) in [6.07, 6.45) is 6.96. The van der Waals surface area contributed by atoms with Crippen LogP contribution in [0, 0.1) is 0 Å². The van der Waals surface area contributed by atoms with E-state index in [-0.39, 0.29) is 12.0 Å². The number of carbonyl (C=O) groups is 1. The second kappa shape index (κ2) is 9.40. The molecule has 0 aromatic carbocycles. The number of hydrogen-bond donors (Lipinski definition) is 1. The molecular weight excluding hydrogens is 202 g/mol. The number of hydrogen-bond acceptors (Lipinski definition) is 3. The van der Waals surface area contributed by atoms with E-state index < -0.39 is 0 Å². The molecule has 0 spiro atoms. The summed E-state index contributed by atoms with van der Waals surface area (Å²) in [4.78, 5) is 11.7. The molecule has 0 rings (SSSR count). The van der Waals surface area contributed by atoms with Gasteiger partial charge in [-0.05, 0) is 19.8 Å². The number of allylic oxidation sites excluding steroid dienone is 1. The fourth-order valence-electron chi connectivity index (χ4n) is 1.31. The van der Waals surface area contributed by atoms with E-state index >= 15 is 0 Å². The Bertz CT molecular complexity index is 222. The third kappa shape index (κ3) is 6.62. The van der Waals surface area contributed by atoms with Gasteiger partial charge in [-0.3, -0.25) is 0 Å². The lowest BCUT2D eigenvalue weighted by atomic mass is 10.1. The second-order valence-electron chi connectivity index (χ2n) is 4.08. The lowest BCUT2D eigenvalue weighted by molar-refractivity contribution is -0.139. The summed E-state index contributed by atoms with van der Waals surface area (Å²) in [6, 6.07) is -0.244. The van der Waals surface area contributed by atoms with Crippen molar-refractivity contribution in [3.8, 4) is 0 Å². The van der Waals surface area contributed by atoms with E-state index in [1.165, 1.54) is 0 Å². The van der Waals surface area contributed by atoms with Gasteiger partial charge in [0.05, 0.1) is 6.61 Å². The van der Waals surface area contributed by atoms with E-state index in [1.54, 1.807) is 0 Å². The number of carbonyl (C=O) groups excluding carboxylic acids is 1. The van der Waals surface area contributed by atoms with Gasteiger partial charge in [0.1, 0.15) is 0 Å². The minimum absolute atomic E-state index is 0.244. The fraction of sp³-hybridized carbons (Fsp3) is 0.769. The molecule has 94 valence electrons. The van der Waals surface area contributed by atoms with Crippen LogP contribution >= 0.6 is 0 Å². The van der Waals surface area contributed by atoms with Gasteiger partial charge in [-0.25, -0.2) is 4.79 Å². The van der Waals surface area contributed by atoms with Crippen LogP contribution in [0.1, 0.15) is 52.9 Å². The molecular formula is C13H25NO2. The van der Waals surface area contributed by atoms with Gasteiger partial charge in [-0.2, -0.15) is 0 Å². The molecule has 0 aliphatic rings. The average Bonchev–Trinajstić information content (AvgIpc) is 2.24. The molecule has 3 nitrogen and oxygen atoms in total. The normalized spacial score (nSPS) is 13.6. The molecule has 0 heterocycles. The van der Waals surface area contributed by atoms with Gasteiger partial charge in [-0.15, -0.1) is 0 Å². The second-order valence-corrected chi connectivity index (χ2v) is 4.08. The van der Waals surface area contributed by atoms with Crippen molar-refractivity contribution in [1.82, 2.24) is 0 Å². The lowest BCUT2D eigenvalue weighted by Gasteiger charge is -2.11. The predicted octanol–water partition coefficient (Wildman–Crippen LogP) is 2.79. The zero-order valence-electron chi connectivity index (χ0n) is 10.8. The van der Waals surface area contributed by atoms with E-state index in [4.69, 9.17) is 10.5 Å². The number of esters is 1.